The Hall–Kier alpha value is -0.0800. The van der Waals surface area contributed by atoms with Crippen LogP contribution >= 0.6 is 0 Å². The summed E-state index contributed by atoms with van der Waals surface area (Å²) in [7, 11) is 0. The first-order valence-electron chi connectivity index (χ1n) is 5.39. The third-order valence-corrected chi connectivity index (χ3v) is 2.27. The summed E-state index contributed by atoms with van der Waals surface area (Å²) in [6.45, 7) is 13.8. The van der Waals surface area contributed by atoms with Gasteiger partial charge in [0.05, 0.1) is 12.7 Å². The first-order chi connectivity index (χ1) is 6.13. The second kappa shape index (κ2) is 5.13. The van der Waals surface area contributed by atoms with E-state index in [9.17, 15) is 5.11 Å². The molecule has 0 saturated heterocycles. The molecule has 14 heavy (non-hydrogen) atoms. The molecule has 86 valence electrons. The fourth-order valence-electron chi connectivity index (χ4n) is 0.823. The molecule has 0 aliphatic heterocycles. The van der Waals surface area contributed by atoms with Crippen LogP contribution in [-0.4, -0.2) is 24.4 Å². The van der Waals surface area contributed by atoms with Gasteiger partial charge in [0.25, 0.3) is 0 Å². The number of aliphatic hydroxyl groups is 1. The normalized spacial score (nSPS) is 15.6. The standard InChI is InChI=1S/C12H26O2/c1-11(2,3)7-8-14-9-10(13)12(4,5)6/h10,13H,7-9H2,1-6H3. The Morgan fingerprint density at radius 3 is 1.93 bits per heavy atom. The first kappa shape index (κ1) is 13.9. The average Bonchev–Trinajstić information content (AvgIpc) is 1.93. The minimum absolute atomic E-state index is 0.0816. The van der Waals surface area contributed by atoms with Crippen molar-refractivity contribution in [2.75, 3.05) is 13.2 Å². The van der Waals surface area contributed by atoms with Gasteiger partial charge in [0, 0.05) is 6.61 Å². The van der Waals surface area contributed by atoms with Gasteiger partial charge in [-0.1, -0.05) is 41.5 Å². The quantitative estimate of drug-likeness (QED) is 0.710. The molecule has 2 heteroatoms. The number of aliphatic hydroxyl groups excluding tert-OH is 1. The maximum absolute atomic E-state index is 9.69. The maximum atomic E-state index is 9.69. The molecule has 0 fully saturated rings. The van der Waals surface area contributed by atoms with Crippen LogP contribution < -0.4 is 0 Å². The van der Waals surface area contributed by atoms with Crippen molar-refractivity contribution in [1.29, 1.82) is 0 Å². The molecule has 0 rings (SSSR count). The van der Waals surface area contributed by atoms with Gasteiger partial charge in [-0.05, 0) is 17.3 Å². The molecule has 0 bridgehead atoms. The van der Waals surface area contributed by atoms with Gasteiger partial charge in [-0.15, -0.1) is 0 Å². The summed E-state index contributed by atoms with van der Waals surface area (Å²) in [5, 5.41) is 9.69. The van der Waals surface area contributed by atoms with Gasteiger partial charge >= 0.3 is 0 Å². The summed E-state index contributed by atoms with van der Waals surface area (Å²) in [6.07, 6.45) is 0.659. The van der Waals surface area contributed by atoms with Gasteiger partial charge < -0.3 is 9.84 Å². The Balaban J connectivity index is 3.56. The van der Waals surface area contributed by atoms with Crippen LogP contribution in [0.15, 0.2) is 0 Å². The molecule has 0 saturated carbocycles. The number of rotatable bonds is 4. The van der Waals surface area contributed by atoms with Crippen molar-refractivity contribution in [3.05, 3.63) is 0 Å². The molecule has 0 spiro atoms. The first-order valence-corrected chi connectivity index (χ1v) is 5.39. The number of ether oxygens (including phenoxy) is 1. The SMILES string of the molecule is CC(C)(C)CCOCC(O)C(C)(C)C. The lowest BCUT2D eigenvalue weighted by atomic mass is 9.90. The molecular weight excluding hydrogens is 176 g/mol. The summed E-state index contributed by atoms with van der Waals surface area (Å²) in [4.78, 5) is 0. The van der Waals surface area contributed by atoms with E-state index < -0.39 is 0 Å². The third kappa shape index (κ3) is 7.34. The smallest absolute Gasteiger partial charge is 0.0821 e. The van der Waals surface area contributed by atoms with Crippen LogP contribution in [0.4, 0.5) is 0 Å². The minimum atomic E-state index is -0.373. The van der Waals surface area contributed by atoms with E-state index in [1.165, 1.54) is 0 Å². The van der Waals surface area contributed by atoms with Crippen LogP contribution in [-0.2, 0) is 4.74 Å². The highest BCUT2D eigenvalue weighted by Gasteiger charge is 2.22. The van der Waals surface area contributed by atoms with Crippen LogP contribution in [0.1, 0.15) is 48.0 Å². The largest absolute Gasteiger partial charge is 0.390 e. The van der Waals surface area contributed by atoms with Crippen LogP contribution in [0.3, 0.4) is 0 Å². The summed E-state index contributed by atoms with van der Waals surface area (Å²) < 4.78 is 5.45. The summed E-state index contributed by atoms with van der Waals surface area (Å²) in [5.41, 5.74) is 0.231. The number of hydrogen-bond donors (Lipinski definition) is 1. The third-order valence-electron chi connectivity index (χ3n) is 2.27. The van der Waals surface area contributed by atoms with Crippen LogP contribution in [0.25, 0.3) is 0 Å². The summed E-state index contributed by atoms with van der Waals surface area (Å²) in [5.74, 6) is 0. The molecule has 0 aromatic heterocycles. The fraction of sp³-hybridized carbons (Fsp3) is 1.00. The van der Waals surface area contributed by atoms with Crippen molar-refractivity contribution in [1.82, 2.24) is 0 Å². The summed E-state index contributed by atoms with van der Waals surface area (Å²) in [6, 6.07) is 0. The molecule has 1 atom stereocenters. The van der Waals surface area contributed by atoms with Crippen molar-refractivity contribution in [2.45, 2.75) is 54.1 Å². The lowest BCUT2D eigenvalue weighted by molar-refractivity contribution is -0.0252. The predicted molar refractivity (Wildman–Crippen MR) is 60.4 cm³/mol. The second-order valence-corrected chi connectivity index (χ2v) is 6.27. The van der Waals surface area contributed by atoms with E-state index in [-0.39, 0.29) is 11.5 Å². The Bertz CT molecular complexity index is 151. The second-order valence-electron chi connectivity index (χ2n) is 6.27. The zero-order valence-corrected chi connectivity index (χ0v) is 10.6. The van der Waals surface area contributed by atoms with Crippen molar-refractivity contribution < 1.29 is 9.84 Å². The van der Waals surface area contributed by atoms with Crippen LogP contribution in [0.2, 0.25) is 0 Å². The van der Waals surface area contributed by atoms with Crippen molar-refractivity contribution >= 4 is 0 Å². The lowest BCUT2D eigenvalue weighted by Crippen LogP contribution is -2.31. The molecule has 0 amide bonds. The molecule has 1 unspecified atom stereocenters. The molecule has 0 aliphatic carbocycles. The monoisotopic (exact) mass is 202 g/mol. The highest BCUT2D eigenvalue weighted by Crippen LogP contribution is 2.21. The van der Waals surface area contributed by atoms with Crippen LogP contribution in [0, 0.1) is 10.8 Å². The topological polar surface area (TPSA) is 29.5 Å². The minimum Gasteiger partial charge on any atom is -0.390 e. The maximum Gasteiger partial charge on any atom is 0.0821 e. The molecule has 1 N–H and O–H groups in total. The Morgan fingerprint density at radius 1 is 1.07 bits per heavy atom. The van der Waals surface area contributed by atoms with Crippen molar-refractivity contribution in [3.63, 3.8) is 0 Å². The van der Waals surface area contributed by atoms with Gasteiger partial charge in [-0.3, -0.25) is 0 Å². The molecule has 2 nitrogen and oxygen atoms in total. The van der Waals surface area contributed by atoms with E-state index in [4.69, 9.17) is 4.74 Å². The van der Waals surface area contributed by atoms with Crippen LogP contribution in [0.5, 0.6) is 0 Å². The van der Waals surface area contributed by atoms with Gasteiger partial charge in [0.1, 0.15) is 0 Å². The van der Waals surface area contributed by atoms with Gasteiger partial charge in [0.15, 0.2) is 0 Å². The number of hydrogen-bond acceptors (Lipinski definition) is 2. The van der Waals surface area contributed by atoms with E-state index in [1.54, 1.807) is 0 Å². The Morgan fingerprint density at radius 2 is 1.57 bits per heavy atom. The van der Waals surface area contributed by atoms with Gasteiger partial charge in [0.2, 0.25) is 0 Å². The lowest BCUT2D eigenvalue weighted by Gasteiger charge is -2.26. The predicted octanol–water partition coefficient (Wildman–Crippen LogP) is 2.85. The molecule has 0 aromatic rings. The van der Waals surface area contributed by atoms with Crippen molar-refractivity contribution in [2.24, 2.45) is 10.8 Å². The van der Waals surface area contributed by atoms with Gasteiger partial charge in [-0.25, -0.2) is 0 Å². The van der Waals surface area contributed by atoms with Crippen molar-refractivity contribution in [3.8, 4) is 0 Å². The molecule has 0 radical (unpaired) electrons. The molecule has 0 heterocycles. The zero-order chi connectivity index (χ0) is 11.4. The zero-order valence-electron chi connectivity index (χ0n) is 10.6. The summed E-state index contributed by atoms with van der Waals surface area (Å²) >= 11 is 0. The highest BCUT2D eigenvalue weighted by atomic mass is 16.5. The Labute approximate surface area is 88.7 Å². The van der Waals surface area contributed by atoms with E-state index in [1.807, 2.05) is 20.8 Å². The molecular formula is C12H26O2. The fourth-order valence-corrected chi connectivity index (χ4v) is 0.823. The highest BCUT2D eigenvalue weighted by molar-refractivity contribution is 4.72. The van der Waals surface area contributed by atoms with Gasteiger partial charge in [-0.2, -0.15) is 0 Å². The molecule has 0 aliphatic rings. The Kier molecular flexibility index (Phi) is 5.10. The van der Waals surface area contributed by atoms with E-state index in [2.05, 4.69) is 20.8 Å². The van der Waals surface area contributed by atoms with E-state index in [0.29, 0.717) is 12.0 Å². The van der Waals surface area contributed by atoms with E-state index >= 15 is 0 Å². The molecule has 0 aromatic carbocycles. The average molecular weight is 202 g/mol. The van der Waals surface area contributed by atoms with E-state index in [0.717, 1.165) is 13.0 Å².